The van der Waals surface area contributed by atoms with Crippen LogP contribution in [0.25, 0.3) is 0 Å². The SMILES string of the molecule is CCCNCC1CCOC1C1CCC(C)O1. The first-order valence-corrected chi connectivity index (χ1v) is 6.79. The van der Waals surface area contributed by atoms with Crippen molar-refractivity contribution in [3.05, 3.63) is 0 Å². The van der Waals surface area contributed by atoms with Crippen LogP contribution in [-0.4, -0.2) is 38.0 Å². The van der Waals surface area contributed by atoms with Crippen molar-refractivity contribution in [1.29, 1.82) is 0 Å². The molecule has 0 saturated carbocycles. The zero-order chi connectivity index (χ0) is 11.4. The molecular weight excluding hydrogens is 202 g/mol. The maximum atomic E-state index is 5.93. The van der Waals surface area contributed by atoms with Crippen LogP contribution in [0.5, 0.6) is 0 Å². The first-order chi connectivity index (χ1) is 7.81. The van der Waals surface area contributed by atoms with E-state index in [4.69, 9.17) is 9.47 Å². The Labute approximate surface area is 98.9 Å². The Morgan fingerprint density at radius 2 is 2.12 bits per heavy atom. The summed E-state index contributed by atoms with van der Waals surface area (Å²) in [5.41, 5.74) is 0. The molecule has 3 heteroatoms. The molecular formula is C13H25NO2. The van der Waals surface area contributed by atoms with Crippen LogP contribution in [0.4, 0.5) is 0 Å². The average Bonchev–Trinajstić information content (AvgIpc) is 2.87. The lowest BCUT2D eigenvalue weighted by atomic mass is 9.95. The molecule has 0 aromatic rings. The first kappa shape index (κ1) is 12.3. The molecule has 3 nitrogen and oxygen atoms in total. The Morgan fingerprint density at radius 3 is 2.81 bits per heavy atom. The van der Waals surface area contributed by atoms with Crippen LogP contribution < -0.4 is 5.32 Å². The van der Waals surface area contributed by atoms with Crippen molar-refractivity contribution in [2.75, 3.05) is 19.7 Å². The minimum atomic E-state index is 0.342. The highest BCUT2D eigenvalue weighted by Gasteiger charge is 2.38. The van der Waals surface area contributed by atoms with Crippen molar-refractivity contribution in [2.45, 2.75) is 57.8 Å². The maximum absolute atomic E-state index is 5.93. The third kappa shape index (κ3) is 2.96. The quantitative estimate of drug-likeness (QED) is 0.728. The van der Waals surface area contributed by atoms with Crippen molar-refractivity contribution in [1.82, 2.24) is 5.32 Å². The van der Waals surface area contributed by atoms with E-state index in [0.29, 0.717) is 24.2 Å². The fraction of sp³-hybridized carbons (Fsp3) is 1.00. The monoisotopic (exact) mass is 227 g/mol. The van der Waals surface area contributed by atoms with Crippen LogP contribution in [0.1, 0.15) is 39.5 Å². The molecule has 2 fully saturated rings. The number of ether oxygens (including phenoxy) is 2. The summed E-state index contributed by atoms with van der Waals surface area (Å²) in [6.45, 7) is 7.49. The summed E-state index contributed by atoms with van der Waals surface area (Å²) in [6, 6.07) is 0. The Bertz CT molecular complexity index is 210. The third-order valence-electron chi connectivity index (χ3n) is 3.73. The van der Waals surface area contributed by atoms with Crippen LogP contribution in [0, 0.1) is 5.92 Å². The molecule has 16 heavy (non-hydrogen) atoms. The van der Waals surface area contributed by atoms with Gasteiger partial charge in [0.1, 0.15) is 0 Å². The van der Waals surface area contributed by atoms with E-state index in [1.165, 1.54) is 25.7 Å². The van der Waals surface area contributed by atoms with Crippen LogP contribution >= 0.6 is 0 Å². The molecule has 2 rings (SSSR count). The second kappa shape index (κ2) is 5.99. The van der Waals surface area contributed by atoms with E-state index >= 15 is 0 Å². The number of rotatable bonds is 5. The topological polar surface area (TPSA) is 30.5 Å². The lowest BCUT2D eigenvalue weighted by molar-refractivity contribution is -0.0530. The molecule has 2 heterocycles. The van der Waals surface area contributed by atoms with E-state index in [2.05, 4.69) is 19.2 Å². The Hall–Kier alpha value is -0.120. The molecule has 0 amide bonds. The standard InChI is InChI=1S/C13H25NO2/c1-3-7-14-9-11-6-8-15-13(11)12-5-4-10(2)16-12/h10-14H,3-9H2,1-2H3. The molecule has 0 radical (unpaired) electrons. The van der Waals surface area contributed by atoms with Crippen molar-refractivity contribution in [2.24, 2.45) is 5.92 Å². The van der Waals surface area contributed by atoms with Gasteiger partial charge in [0.15, 0.2) is 0 Å². The van der Waals surface area contributed by atoms with Gasteiger partial charge in [-0.1, -0.05) is 6.92 Å². The number of nitrogens with one attached hydrogen (secondary N) is 1. The molecule has 0 aliphatic carbocycles. The van der Waals surface area contributed by atoms with Gasteiger partial charge in [0.05, 0.1) is 18.3 Å². The molecule has 2 aliphatic rings. The average molecular weight is 227 g/mol. The van der Waals surface area contributed by atoms with E-state index in [1.807, 2.05) is 0 Å². The van der Waals surface area contributed by atoms with Gasteiger partial charge >= 0.3 is 0 Å². The molecule has 1 N–H and O–H groups in total. The summed E-state index contributed by atoms with van der Waals surface area (Å²) in [5.74, 6) is 0.654. The lowest BCUT2D eigenvalue weighted by Crippen LogP contribution is -2.36. The van der Waals surface area contributed by atoms with Crippen molar-refractivity contribution in [3.63, 3.8) is 0 Å². The molecule has 2 aliphatic heterocycles. The molecule has 4 unspecified atom stereocenters. The Kier molecular flexibility index (Phi) is 4.62. The van der Waals surface area contributed by atoms with Crippen molar-refractivity contribution >= 4 is 0 Å². The highest BCUT2D eigenvalue weighted by atomic mass is 16.6. The normalized spacial score (nSPS) is 39.4. The Balaban J connectivity index is 1.78. The fourth-order valence-corrected chi connectivity index (χ4v) is 2.82. The van der Waals surface area contributed by atoms with E-state index in [9.17, 15) is 0 Å². The number of hydrogen-bond donors (Lipinski definition) is 1. The summed E-state index contributed by atoms with van der Waals surface area (Å²) >= 11 is 0. The fourth-order valence-electron chi connectivity index (χ4n) is 2.82. The highest BCUT2D eigenvalue weighted by Crippen LogP contribution is 2.31. The third-order valence-corrected chi connectivity index (χ3v) is 3.73. The summed E-state index contributed by atoms with van der Waals surface area (Å²) in [7, 11) is 0. The van der Waals surface area contributed by atoms with E-state index < -0.39 is 0 Å². The molecule has 0 aromatic heterocycles. The van der Waals surface area contributed by atoms with Crippen LogP contribution in [0.3, 0.4) is 0 Å². The smallest absolute Gasteiger partial charge is 0.0877 e. The van der Waals surface area contributed by atoms with Gasteiger partial charge in [-0.15, -0.1) is 0 Å². The predicted octanol–water partition coefficient (Wildman–Crippen LogP) is 1.96. The van der Waals surface area contributed by atoms with Crippen molar-refractivity contribution in [3.8, 4) is 0 Å². The van der Waals surface area contributed by atoms with Crippen LogP contribution in [-0.2, 0) is 9.47 Å². The van der Waals surface area contributed by atoms with Crippen molar-refractivity contribution < 1.29 is 9.47 Å². The van der Waals surface area contributed by atoms with Gasteiger partial charge in [-0.2, -0.15) is 0 Å². The molecule has 4 atom stereocenters. The predicted molar refractivity (Wildman–Crippen MR) is 64.6 cm³/mol. The Morgan fingerprint density at radius 1 is 1.25 bits per heavy atom. The van der Waals surface area contributed by atoms with E-state index in [-0.39, 0.29) is 0 Å². The molecule has 0 aromatic carbocycles. The lowest BCUT2D eigenvalue weighted by Gasteiger charge is -2.24. The minimum Gasteiger partial charge on any atom is -0.375 e. The largest absolute Gasteiger partial charge is 0.375 e. The minimum absolute atomic E-state index is 0.342. The molecule has 0 bridgehead atoms. The van der Waals surface area contributed by atoms with Crippen LogP contribution in [0.15, 0.2) is 0 Å². The van der Waals surface area contributed by atoms with Gasteiger partial charge in [-0.25, -0.2) is 0 Å². The van der Waals surface area contributed by atoms with E-state index in [1.54, 1.807) is 0 Å². The molecule has 94 valence electrons. The van der Waals surface area contributed by atoms with Gasteiger partial charge in [0.2, 0.25) is 0 Å². The maximum Gasteiger partial charge on any atom is 0.0877 e. The molecule has 2 saturated heterocycles. The van der Waals surface area contributed by atoms with Gasteiger partial charge in [-0.3, -0.25) is 0 Å². The van der Waals surface area contributed by atoms with Crippen LogP contribution in [0.2, 0.25) is 0 Å². The van der Waals surface area contributed by atoms with E-state index in [0.717, 1.165) is 19.7 Å². The highest BCUT2D eigenvalue weighted by molar-refractivity contribution is 4.87. The van der Waals surface area contributed by atoms with Gasteiger partial charge in [0, 0.05) is 19.1 Å². The summed E-state index contributed by atoms with van der Waals surface area (Å²) in [5, 5.41) is 3.51. The second-order valence-corrected chi connectivity index (χ2v) is 5.15. The summed E-state index contributed by atoms with van der Waals surface area (Å²) in [6.07, 6.45) is 5.89. The zero-order valence-corrected chi connectivity index (χ0v) is 10.6. The van der Waals surface area contributed by atoms with Gasteiger partial charge in [0.25, 0.3) is 0 Å². The summed E-state index contributed by atoms with van der Waals surface area (Å²) in [4.78, 5) is 0. The van der Waals surface area contributed by atoms with Gasteiger partial charge < -0.3 is 14.8 Å². The zero-order valence-electron chi connectivity index (χ0n) is 10.6. The number of hydrogen-bond acceptors (Lipinski definition) is 3. The van der Waals surface area contributed by atoms with Gasteiger partial charge in [-0.05, 0) is 39.2 Å². The summed E-state index contributed by atoms with van der Waals surface area (Å²) < 4.78 is 11.8. The first-order valence-electron chi connectivity index (χ1n) is 6.79. The molecule has 0 spiro atoms. The second-order valence-electron chi connectivity index (χ2n) is 5.15.